The molecule has 0 rings (SSSR count). The smallest absolute Gasteiger partial charge is 0.00184 e. The van der Waals surface area contributed by atoms with E-state index in [0.717, 1.165) is 5.92 Å². The number of alkyl halides is 1. The lowest BCUT2D eigenvalue weighted by Gasteiger charge is -1.88. The van der Waals surface area contributed by atoms with Crippen molar-refractivity contribution in [3.8, 4) is 0 Å². The van der Waals surface area contributed by atoms with E-state index in [-0.39, 0.29) is 0 Å². The molecule has 0 unspecified atom stereocenters. The lowest BCUT2D eigenvalue weighted by Crippen LogP contribution is -1.82. The standard InChI is InChI=1S/C4H9I/c1-4(2)3-5/h4H,3H2,1-2H3/i1+1/t4-/m0/s1. The minimum absolute atomic E-state index is 0.871. The molecule has 1 atom stereocenters. The topological polar surface area (TPSA) is 0 Å². The first-order valence-electron chi connectivity index (χ1n) is 1.83. The maximum atomic E-state index is 2.38. The molecule has 0 saturated carbocycles. The van der Waals surface area contributed by atoms with Crippen molar-refractivity contribution in [1.29, 1.82) is 0 Å². The minimum atomic E-state index is 0.871. The molecule has 0 fully saturated rings. The van der Waals surface area contributed by atoms with Crippen LogP contribution in [0.15, 0.2) is 0 Å². The second-order valence-electron chi connectivity index (χ2n) is 1.55. The van der Waals surface area contributed by atoms with Crippen LogP contribution in [0.5, 0.6) is 0 Å². The first kappa shape index (κ1) is 5.73. The van der Waals surface area contributed by atoms with Crippen molar-refractivity contribution in [1.82, 2.24) is 0 Å². The van der Waals surface area contributed by atoms with Crippen LogP contribution in [0.2, 0.25) is 0 Å². The van der Waals surface area contributed by atoms with E-state index in [2.05, 4.69) is 36.4 Å². The van der Waals surface area contributed by atoms with Crippen LogP contribution in [0.1, 0.15) is 13.8 Å². The van der Waals surface area contributed by atoms with Crippen LogP contribution in [-0.2, 0) is 0 Å². The minimum Gasteiger partial charge on any atom is -0.0861 e. The molecular formula is C4H9I. The zero-order valence-electron chi connectivity index (χ0n) is 3.66. The lowest BCUT2D eigenvalue weighted by atomic mass is 10.4. The van der Waals surface area contributed by atoms with Gasteiger partial charge in [-0.3, -0.25) is 0 Å². The summed E-state index contributed by atoms with van der Waals surface area (Å²) in [4.78, 5) is 0. The fraction of sp³-hybridized carbons (Fsp3) is 1.00. The molecular weight excluding hydrogens is 176 g/mol. The predicted molar refractivity (Wildman–Crippen MR) is 33.7 cm³/mol. The van der Waals surface area contributed by atoms with E-state index in [0.29, 0.717) is 0 Å². The Labute approximate surface area is 47.1 Å². The number of rotatable bonds is 1. The van der Waals surface area contributed by atoms with Gasteiger partial charge in [0.1, 0.15) is 0 Å². The summed E-state index contributed by atoms with van der Waals surface area (Å²) in [5.41, 5.74) is 0. The summed E-state index contributed by atoms with van der Waals surface area (Å²) in [6.45, 7) is 4.43. The van der Waals surface area contributed by atoms with Crippen LogP contribution in [0.25, 0.3) is 0 Å². The Kier molecular flexibility index (Phi) is 3.37. The zero-order chi connectivity index (χ0) is 4.28. The highest BCUT2D eigenvalue weighted by molar-refractivity contribution is 14.1. The summed E-state index contributed by atoms with van der Waals surface area (Å²) in [6.07, 6.45) is 0. The van der Waals surface area contributed by atoms with E-state index in [4.69, 9.17) is 0 Å². The van der Waals surface area contributed by atoms with Crippen molar-refractivity contribution < 1.29 is 0 Å². The number of hydrogen-bond donors (Lipinski definition) is 0. The van der Waals surface area contributed by atoms with Gasteiger partial charge in [-0.1, -0.05) is 36.4 Å². The summed E-state index contributed by atoms with van der Waals surface area (Å²) in [7, 11) is 0. The monoisotopic (exact) mass is 185 g/mol. The van der Waals surface area contributed by atoms with E-state index in [9.17, 15) is 0 Å². The second-order valence-corrected chi connectivity index (χ2v) is 2.43. The first-order valence-corrected chi connectivity index (χ1v) is 3.36. The van der Waals surface area contributed by atoms with Crippen molar-refractivity contribution in [2.75, 3.05) is 4.43 Å². The Morgan fingerprint density at radius 1 is 1.60 bits per heavy atom. The summed E-state index contributed by atoms with van der Waals surface area (Å²) in [5.74, 6) is 0.871. The quantitative estimate of drug-likeness (QED) is 0.333. The molecule has 0 aliphatic carbocycles. The van der Waals surface area contributed by atoms with Gasteiger partial charge in [0.15, 0.2) is 0 Å². The van der Waals surface area contributed by atoms with E-state index in [1.165, 1.54) is 4.43 Å². The summed E-state index contributed by atoms with van der Waals surface area (Å²) in [6, 6.07) is 0. The SMILES string of the molecule is C[C@H]([13CH3])CI. The fourth-order valence-electron chi connectivity index (χ4n) is 0. The maximum Gasteiger partial charge on any atom is 0.00184 e. The molecule has 1 heteroatoms. The predicted octanol–water partition coefficient (Wildman–Crippen LogP) is 2.08. The fourth-order valence-corrected chi connectivity index (χ4v) is 0. The zero-order valence-corrected chi connectivity index (χ0v) is 5.82. The van der Waals surface area contributed by atoms with Gasteiger partial charge in [-0.05, 0) is 5.92 Å². The third kappa shape index (κ3) is 4.73. The van der Waals surface area contributed by atoms with Crippen LogP contribution in [-0.4, -0.2) is 4.43 Å². The van der Waals surface area contributed by atoms with Crippen LogP contribution >= 0.6 is 22.6 Å². The third-order valence-electron chi connectivity index (χ3n) is 0.309. The van der Waals surface area contributed by atoms with E-state index >= 15 is 0 Å². The van der Waals surface area contributed by atoms with Crippen LogP contribution < -0.4 is 0 Å². The molecule has 0 heterocycles. The van der Waals surface area contributed by atoms with Crippen molar-refractivity contribution >= 4 is 22.6 Å². The van der Waals surface area contributed by atoms with Crippen molar-refractivity contribution in [2.24, 2.45) is 5.92 Å². The number of hydrogen-bond acceptors (Lipinski definition) is 0. The molecule has 0 aliphatic rings. The molecule has 0 aromatic carbocycles. The summed E-state index contributed by atoms with van der Waals surface area (Å²) in [5, 5.41) is 0. The highest BCUT2D eigenvalue weighted by Gasteiger charge is 1.81. The van der Waals surface area contributed by atoms with Gasteiger partial charge in [-0.15, -0.1) is 0 Å². The van der Waals surface area contributed by atoms with Gasteiger partial charge >= 0.3 is 0 Å². The molecule has 0 aromatic rings. The molecule has 0 aliphatic heterocycles. The van der Waals surface area contributed by atoms with Crippen LogP contribution in [0, 0.1) is 5.92 Å². The van der Waals surface area contributed by atoms with Gasteiger partial charge in [-0.25, -0.2) is 0 Å². The highest BCUT2D eigenvalue weighted by atomic mass is 127. The van der Waals surface area contributed by atoms with E-state index in [1.54, 1.807) is 0 Å². The van der Waals surface area contributed by atoms with Gasteiger partial charge in [0.05, 0.1) is 0 Å². The highest BCUT2D eigenvalue weighted by Crippen LogP contribution is 1.95. The Balaban J connectivity index is 2.54. The molecule has 0 aromatic heterocycles. The molecule has 5 heavy (non-hydrogen) atoms. The molecule has 32 valence electrons. The molecule has 0 bridgehead atoms. The molecule has 0 N–H and O–H groups in total. The van der Waals surface area contributed by atoms with Crippen molar-refractivity contribution in [3.05, 3.63) is 0 Å². The molecule has 0 spiro atoms. The molecule has 0 nitrogen and oxygen atoms in total. The third-order valence-corrected chi connectivity index (χ3v) is 2.07. The summed E-state index contributed by atoms with van der Waals surface area (Å²) < 4.78 is 1.28. The Morgan fingerprint density at radius 3 is 1.80 bits per heavy atom. The Bertz CT molecular complexity index is 17.6. The molecule has 0 amide bonds. The molecule has 0 saturated heterocycles. The van der Waals surface area contributed by atoms with Crippen LogP contribution in [0.4, 0.5) is 0 Å². The van der Waals surface area contributed by atoms with E-state index in [1.807, 2.05) is 0 Å². The van der Waals surface area contributed by atoms with Crippen molar-refractivity contribution in [3.63, 3.8) is 0 Å². The average Bonchev–Trinajstić information content (AvgIpc) is 1.38. The van der Waals surface area contributed by atoms with Crippen LogP contribution in [0.3, 0.4) is 0 Å². The van der Waals surface area contributed by atoms with Gasteiger partial charge in [0.2, 0.25) is 0 Å². The van der Waals surface area contributed by atoms with Crippen molar-refractivity contribution in [2.45, 2.75) is 13.8 Å². The Morgan fingerprint density at radius 2 is 1.80 bits per heavy atom. The van der Waals surface area contributed by atoms with Gasteiger partial charge < -0.3 is 0 Å². The molecule has 0 radical (unpaired) electrons. The normalized spacial score (nSPS) is 15.0. The lowest BCUT2D eigenvalue weighted by molar-refractivity contribution is 0.763. The maximum absolute atomic E-state index is 2.38. The van der Waals surface area contributed by atoms with E-state index < -0.39 is 0 Å². The largest absolute Gasteiger partial charge is 0.0861 e. The average molecular weight is 185 g/mol. The van der Waals surface area contributed by atoms with Gasteiger partial charge in [-0.2, -0.15) is 0 Å². The number of halogens is 1. The van der Waals surface area contributed by atoms with Gasteiger partial charge in [0.25, 0.3) is 0 Å². The summed E-state index contributed by atoms with van der Waals surface area (Å²) >= 11 is 2.38. The van der Waals surface area contributed by atoms with Gasteiger partial charge in [0, 0.05) is 4.43 Å². The first-order chi connectivity index (χ1) is 2.27. The Hall–Kier alpha value is 0.730. The second kappa shape index (κ2) is 2.94.